The molecule has 0 aromatic carbocycles. The number of amides is 1. The lowest BCUT2D eigenvalue weighted by molar-refractivity contribution is -0.870. The van der Waals surface area contributed by atoms with Gasteiger partial charge in [-0.2, -0.15) is 0 Å². The first-order chi connectivity index (χ1) is 26.5. The molecule has 318 valence electrons. The summed E-state index contributed by atoms with van der Waals surface area (Å²) in [4.78, 5) is 25.3. The maximum Gasteiger partial charge on any atom is 0.268 e. The summed E-state index contributed by atoms with van der Waals surface area (Å²) in [6, 6.07) is -0.826. The summed E-state index contributed by atoms with van der Waals surface area (Å²) in [6.45, 7) is 4.54. The molecule has 0 bridgehead atoms. The molecule has 8 nitrogen and oxygen atoms in total. The number of aliphatic hydroxyl groups is 1. The van der Waals surface area contributed by atoms with Gasteiger partial charge in [0.05, 0.1) is 39.9 Å². The standard InChI is InChI=1S/C46H83N2O6P/c1-6-8-10-12-14-16-18-20-21-22-23-24-25-26-27-28-30-32-34-36-38-40-46(50)47-44(43-54-55(51,52)53-42-41-48(3,4)5)45(49)39-37-35-33-31-29-19-17-15-13-11-9-7-2/h8,10,14,16,20-21,23-24,26-27,30,32,44-45,49H,6-7,9,11-13,15,17-19,22,25,28-29,31,33-43H2,1-5H3,(H-,47,50,51,52)/b10-8-,16-14-,21-20-,24-23-,27-26-,32-30-. The second kappa shape index (κ2) is 37.5. The van der Waals surface area contributed by atoms with Crippen molar-refractivity contribution >= 4 is 13.7 Å². The van der Waals surface area contributed by atoms with E-state index < -0.39 is 20.0 Å². The van der Waals surface area contributed by atoms with E-state index in [0.717, 1.165) is 70.6 Å². The highest BCUT2D eigenvalue weighted by molar-refractivity contribution is 7.45. The van der Waals surface area contributed by atoms with E-state index in [1.54, 1.807) is 0 Å². The molecule has 0 heterocycles. The van der Waals surface area contributed by atoms with Crippen LogP contribution in [0.5, 0.6) is 0 Å². The van der Waals surface area contributed by atoms with Gasteiger partial charge in [0.1, 0.15) is 13.2 Å². The second-order valence-corrected chi connectivity index (χ2v) is 17.1. The number of hydrogen-bond donors (Lipinski definition) is 2. The quantitative estimate of drug-likeness (QED) is 0.0279. The Balaban J connectivity index is 4.47. The van der Waals surface area contributed by atoms with Crippen LogP contribution in [0, 0.1) is 0 Å². The molecule has 9 heteroatoms. The fourth-order valence-electron chi connectivity index (χ4n) is 5.75. The average molecular weight is 791 g/mol. The van der Waals surface area contributed by atoms with Crippen LogP contribution in [0.15, 0.2) is 72.9 Å². The smallest absolute Gasteiger partial charge is 0.268 e. The van der Waals surface area contributed by atoms with Crippen LogP contribution in [0.2, 0.25) is 0 Å². The van der Waals surface area contributed by atoms with E-state index >= 15 is 0 Å². The van der Waals surface area contributed by atoms with Gasteiger partial charge in [-0.1, -0.05) is 164 Å². The Hall–Kier alpha value is -2.06. The predicted molar refractivity (Wildman–Crippen MR) is 233 cm³/mol. The summed E-state index contributed by atoms with van der Waals surface area (Å²) in [5.74, 6) is -0.211. The molecule has 3 atom stereocenters. The first kappa shape index (κ1) is 52.9. The van der Waals surface area contributed by atoms with E-state index in [2.05, 4.69) is 92.1 Å². The van der Waals surface area contributed by atoms with Gasteiger partial charge in [-0.3, -0.25) is 9.36 Å². The summed E-state index contributed by atoms with van der Waals surface area (Å²) in [7, 11) is 1.26. The molecule has 0 radical (unpaired) electrons. The van der Waals surface area contributed by atoms with Crippen LogP contribution in [-0.4, -0.2) is 68.5 Å². The molecule has 1 amide bonds. The van der Waals surface area contributed by atoms with E-state index in [4.69, 9.17) is 9.05 Å². The number of carbonyl (C=O) groups excluding carboxylic acids is 1. The maximum absolute atomic E-state index is 12.8. The zero-order valence-corrected chi connectivity index (χ0v) is 36.7. The van der Waals surface area contributed by atoms with Gasteiger partial charge in [0.2, 0.25) is 5.91 Å². The monoisotopic (exact) mass is 791 g/mol. The molecule has 0 saturated heterocycles. The summed E-state index contributed by atoms with van der Waals surface area (Å²) in [5.41, 5.74) is 0. The third kappa shape index (κ3) is 40.0. The summed E-state index contributed by atoms with van der Waals surface area (Å²) < 4.78 is 23.2. The van der Waals surface area contributed by atoms with Crippen molar-refractivity contribution in [1.82, 2.24) is 5.32 Å². The number of phosphoric ester groups is 1. The third-order valence-corrected chi connectivity index (χ3v) is 10.2. The molecule has 55 heavy (non-hydrogen) atoms. The number of nitrogens with one attached hydrogen (secondary N) is 1. The number of allylic oxidation sites excluding steroid dienone is 12. The van der Waals surface area contributed by atoms with Crippen molar-refractivity contribution in [2.75, 3.05) is 40.9 Å². The second-order valence-electron chi connectivity index (χ2n) is 15.7. The zero-order chi connectivity index (χ0) is 40.7. The molecule has 0 saturated carbocycles. The fraction of sp³-hybridized carbons (Fsp3) is 0.717. The Morgan fingerprint density at radius 1 is 0.655 bits per heavy atom. The average Bonchev–Trinajstić information content (AvgIpc) is 3.13. The number of rotatable bonds is 38. The highest BCUT2D eigenvalue weighted by Crippen LogP contribution is 2.38. The zero-order valence-electron chi connectivity index (χ0n) is 35.9. The molecule has 0 fully saturated rings. The highest BCUT2D eigenvalue weighted by atomic mass is 31.2. The minimum absolute atomic E-state index is 0.000517. The van der Waals surface area contributed by atoms with Gasteiger partial charge in [0.15, 0.2) is 0 Å². The highest BCUT2D eigenvalue weighted by Gasteiger charge is 2.24. The van der Waals surface area contributed by atoms with Crippen molar-refractivity contribution in [2.45, 2.75) is 174 Å². The fourth-order valence-corrected chi connectivity index (χ4v) is 6.47. The summed E-state index contributed by atoms with van der Waals surface area (Å²) in [6.07, 6.45) is 49.1. The lowest BCUT2D eigenvalue weighted by Gasteiger charge is -2.30. The van der Waals surface area contributed by atoms with E-state index in [9.17, 15) is 19.4 Å². The first-order valence-electron chi connectivity index (χ1n) is 21.8. The van der Waals surface area contributed by atoms with Crippen LogP contribution in [0.25, 0.3) is 0 Å². The Bertz CT molecular complexity index is 1120. The van der Waals surface area contributed by atoms with Gasteiger partial charge in [0.25, 0.3) is 7.82 Å². The molecular weight excluding hydrogens is 707 g/mol. The molecule has 0 aliphatic carbocycles. The van der Waals surface area contributed by atoms with Gasteiger partial charge in [-0.05, 0) is 64.2 Å². The number of unbranched alkanes of at least 4 members (excludes halogenated alkanes) is 13. The van der Waals surface area contributed by atoms with Gasteiger partial charge in [-0.25, -0.2) is 0 Å². The van der Waals surface area contributed by atoms with Crippen molar-refractivity contribution < 1.29 is 32.9 Å². The molecular formula is C46H83N2O6P. The number of phosphoric acid groups is 1. The van der Waals surface area contributed by atoms with Crippen LogP contribution >= 0.6 is 7.82 Å². The van der Waals surface area contributed by atoms with Crippen LogP contribution in [-0.2, 0) is 18.4 Å². The normalized spacial score (nSPS) is 15.1. The minimum atomic E-state index is -4.58. The first-order valence-corrected chi connectivity index (χ1v) is 23.2. The molecule has 3 unspecified atom stereocenters. The number of carbonyl (C=O) groups is 1. The summed E-state index contributed by atoms with van der Waals surface area (Å²) in [5, 5.41) is 13.8. The number of quaternary nitrogens is 1. The SMILES string of the molecule is CC/C=C\C/C=C\C/C=C\C/C=C\C/C=C\C/C=C\CCCCC(=O)NC(COP(=O)([O-])OCC[N+](C)(C)C)C(O)CCCCCCCCCCCCCC. The Labute approximate surface area is 338 Å². The largest absolute Gasteiger partial charge is 0.756 e. The van der Waals surface area contributed by atoms with Gasteiger partial charge >= 0.3 is 0 Å². The molecule has 0 aromatic heterocycles. The van der Waals surface area contributed by atoms with E-state index in [1.807, 2.05) is 21.1 Å². The Morgan fingerprint density at radius 2 is 1.11 bits per heavy atom. The number of hydrogen-bond acceptors (Lipinski definition) is 6. The topological polar surface area (TPSA) is 108 Å². The lowest BCUT2D eigenvalue weighted by Crippen LogP contribution is -2.46. The molecule has 0 aliphatic heterocycles. The number of likely N-dealkylation sites (N-methyl/N-ethyl adjacent to an activating group) is 1. The van der Waals surface area contributed by atoms with Crippen LogP contribution < -0.4 is 10.2 Å². The van der Waals surface area contributed by atoms with Crippen molar-refractivity contribution in [3.63, 3.8) is 0 Å². The molecule has 2 N–H and O–H groups in total. The van der Waals surface area contributed by atoms with Gasteiger partial charge in [-0.15, -0.1) is 0 Å². The van der Waals surface area contributed by atoms with Gasteiger partial charge in [0, 0.05) is 6.42 Å². The molecule has 0 rings (SSSR count). The van der Waals surface area contributed by atoms with Crippen LogP contribution in [0.1, 0.15) is 162 Å². The van der Waals surface area contributed by atoms with E-state index in [1.165, 1.54) is 57.8 Å². The van der Waals surface area contributed by atoms with E-state index in [0.29, 0.717) is 30.3 Å². The van der Waals surface area contributed by atoms with Crippen LogP contribution in [0.3, 0.4) is 0 Å². The summed E-state index contributed by atoms with van der Waals surface area (Å²) >= 11 is 0. The number of nitrogens with zero attached hydrogens (tertiary/aromatic N) is 1. The molecule has 0 aromatic rings. The van der Waals surface area contributed by atoms with Crippen molar-refractivity contribution in [2.24, 2.45) is 0 Å². The maximum atomic E-state index is 12.8. The molecule has 0 spiro atoms. The van der Waals surface area contributed by atoms with Crippen molar-refractivity contribution in [3.05, 3.63) is 72.9 Å². The van der Waals surface area contributed by atoms with Crippen molar-refractivity contribution in [1.29, 1.82) is 0 Å². The molecule has 0 aliphatic rings. The van der Waals surface area contributed by atoms with Crippen LogP contribution in [0.4, 0.5) is 0 Å². The van der Waals surface area contributed by atoms with Crippen molar-refractivity contribution in [3.8, 4) is 0 Å². The third-order valence-electron chi connectivity index (χ3n) is 9.21. The lowest BCUT2D eigenvalue weighted by atomic mass is 10.0. The predicted octanol–water partition coefficient (Wildman–Crippen LogP) is 11.4. The Kier molecular flexibility index (Phi) is 36.1. The van der Waals surface area contributed by atoms with Gasteiger partial charge < -0.3 is 28.8 Å². The number of aliphatic hydroxyl groups excluding tert-OH is 1. The Morgan fingerprint density at radius 3 is 1.58 bits per heavy atom. The minimum Gasteiger partial charge on any atom is -0.756 e. The van der Waals surface area contributed by atoms with E-state index in [-0.39, 0.29) is 19.1 Å².